The number of anilines is 2. The molecular formula is C84H93N9O14. The lowest BCUT2D eigenvalue weighted by Gasteiger charge is -2.31. The summed E-state index contributed by atoms with van der Waals surface area (Å²) in [6.45, 7) is 6.81. The number of hydrogen-bond donors (Lipinski definition) is 5. The zero-order valence-corrected chi connectivity index (χ0v) is 61.3. The van der Waals surface area contributed by atoms with Gasteiger partial charge in [0.2, 0.25) is 17.7 Å². The molecule has 5 atom stereocenters. The third-order valence-electron chi connectivity index (χ3n) is 20.9. The minimum Gasteiger partial charge on any atom is -0.493 e. The number of ketones is 2. The highest BCUT2D eigenvalue weighted by molar-refractivity contribution is 6.07. The Morgan fingerprint density at radius 3 is 2.09 bits per heavy atom. The van der Waals surface area contributed by atoms with Gasteiger partial charge in [0.25, 0.3) is 11.8 Å². The monoisotopic (exact) mass is 1450 g/mol. The molecule has 5 heterocycles. The SMILES string of the molecule is COc1cc2c(cc1OCCCCCOc1cc3c(cc1OC)C(=O)N1CC4(CC4)C[C@H]1C(O)N3C(=O)OCc1ccc(CC(=O)[C@H](C)CC(=O)[C@@H](NC(=O)CCCCNC(=O)CCC(=O)N3Cc4ccccc4C#Cc4ccccc43)C(C)C)cc1)N=C[C@@H]1CC(c3ccc(CCC(=N)N)cc3)=CN1C2=O. The molecule has 6 N–H and O–H groups in total. The summed E-state index contributed by atoms with van der Waals surface area (Å²) in [6, 6.07) is 35.0. The van der Waals surface area contributed by atoms with E-state index in [1.165, 1.54) is 14.2 Å². The second kappa shape index (κ2) is 34.0. The second-order valence-corrected chi connectivity index (χ2v) is 29.0. The number of ether oxygens (including phenoxy) is 5. The van der Waals surface area contributed by atoms with Crippen LogP contribution in [0, 0.1) is 34.5 Å². The first-order valence-electron chi connectivity index (χ1n) is 37.0. The number of Topliss-reactive ketones (excluding diaryl/α,β-unsaturated/α-hetero) is 2. The van der Waals surface area contributed by atoms with Crippen LogP contribution in [-0.2, 0) is 54.7 Å². The van der Waals surface area contributed by atoms with E-state index in [2.05, 4.69) is 22.5 Å². The van der Waals surface area contributed by atoms with Gasteiger partial charge in [-0.2, -0.15) is 0 Å². The fourth-order valence-corrected chi connectivity index (χ4v) is 14.5. The maximum Gasteiger partial charge on any atom is 0.416 e. The van der Waals surface area contributed by atoms with Gasteiger partial charge in [0.1, 0.15) is 12.4 Å². The third-order valence-corrected chi connectivity index (χ3v) is 20.9. The number of nitrogens with two attached hydrogens (primary N) is 1. The number of nitrogens with zero attached hydrogens (tertiary/aromatic N) is 5. The van der Waals surface area contributed by atoms with Crippen molar-refractivity contribution in [3.63, 3.8) is 0 Å². The number of para-hydroxylation sites is 1. The summed E-state index contributed by atoms with van der Waals surface area (Å²) in [5, 5.41) is 25.5. The molecule has 558 valence electrons. The summed E-state index contributed by atoms with van der Waals surface area (Å²) in [6.07, 6.45) is 8.39. The molecule has 0 bridgehead atoms. The number of aliphatic hydroxyl groups excluding tert-OH is 1. The number of unbranched alkanes of at least 4 members (excludes halogenated alkanes) is 3. The number of carbonyl (C=O) groups is 8. The van der Waals surface area contributed by atoms with Gasteiger partial charge in [-0.15, -0.1) is 0 Å². The molecule has 6 aliphatic rings. The van der Waals surface area contributed by atoms with Crippen LogP contribution in [0.2, 0.25) is 0 Å². The van der Waals surface area contributed by atoms with E-state index in [1.54, 1.807) is 76.4 Å². The Hall–Kier alpha value is -11.1. The largest absolute Gasteiger partial charge is 0.493 e. The molecule has 23 heteroatoms. The van der Waals surface area contributed by atoms with Crippen molar-refractivity contribution in [1.82, 2.24) is 20.4 Å². The predicted octanol–water partition coefficient (Wildman–Crippen LogP) is 11.5. The van der Waals surface area contributed by atoms with Gasteiger partial charge >= 0.3 is 6.09 Å². The number of rotatable bonds is 32. The molecule has 2 fully saturated rings. The van der Waals surface area contributed by atoms with Crippen molar-refractivity contribution < 1.29 is 67.1 Å². The van der Waals surface area contributed by atoms with E-state index < -0.39 is 30.3 Å². The average molecular weight is 1450 g/mol. The highest BCUT2D eigenvalue weighted by Gasteiger charge is 2.58. The maximum atomic E-state index is 14.5. The summed E-state index contributed by atoms with van der Waals surface area (Å²) in [7, 11) is 2.99. The van der Waals surface area contributed by atoms with Gasteiger partial charge in [0, 0.05) is 99.6 Å². The van der Waals surface area contributed by atoms with E-state index in [-0.39, 0.29) is 132 Å². The van der Waals surface area contributed by atoms with Crippen LogP contribution in [0.5, 0.6) is 23.0 Å². The number of carbonyl (C=O) groups excluding carboxylic acids is 8. The summed E-state index contributed by atoms with van der Waals surface area (Å²) < 4.78 is 30.0. The van der Waals surface area contributed by atoms with E-state index in [4.69, 9.17) is 39.8 Å². The van der Waals surface area contributed by atoms with Gasteiger partial charge in [-0.25, -0.2) is 9.69 Å². The van der Waals surface area contributed by atoms with Crippen molar-refractivity contribution in [2.45, 2.75) is 161 Å². The fraction of sp³-hybridized carbons (Fsp3) is 0.405. The van der Waals surface area contributed by atoms with Crippen LogP contribution in [0.1, 0.15) is 170 Å². The van der Waals surface area contributed by atoms with Gasteiger partial charge in [-0.3, -0.25) is 44.0 Å². The fourth-order valence-electron chi connectivity index (χ4n) is 14.5. The molecule has 1 spiro atoms. The highest BCUT2D eigenvalue weighted by atomic mass is 16.6. The zero-order chi connectivity index (χ0) is 75.5. The Labute approximate surface area is 623 Å². The lowest BCUT2D eigenvalue weighted by atomic mass is 9.89. The minimum absolute atomic E-state index is 0.00191. The minimum atomic E-state index is -1.45. The van der Waals surface area contributed by atoms with E-state index in [0.717, 1.165) is 51.1 Å². The smallest absolute Gasteiger partial charge is 0.416 e. The molecule has 23 nitrogen and oxygen atoms in total. The molecule has 0 aromatic heterocycles. The lowest BCUT2D eigenvalue weighted by Crippen LogP contribution is -2.50. The zero-order valence-electron chi connectivity index (χ0n) is 61.3. The first kappa shape index (κ1) is 75.6. The molecule has 12 rings (SSSR count). The number of amides is 6. The van der Waals surface area contributed by atoms with E-state index in [9.17, 15) is 43.5 Å². The Balaban J connectivity index is 0.587. The molecule has 5 aliphatic heterocycles. The molecule has 107 heavy (non-hydrogen) atoms. The number of amidine groups is 1. The second-order valence-electron chi connectivity index (χ2n) is 29.0. The topological polar surface area (TPSA) is 302 Å². The van der Waals surface area contributed by atoms with Crippen LogP contribution in [-0.4, -0.2) is 139 Å². The van der Waals surface area contributed by atoms with E-state index >= 15 is 0 Å². The first-order valence-corrected chi connectivity index (χ1v) is 37.0. The number of methoxy groups -OCH3 is 2. The van der Waals surface area contributed by atoms with Crippen LogP contribution in [0.3, 0.4) is 0 Å². The van der Waals surface area contributed by atoms with Crippen LogP contribution in [0.15, 0.2) is 133 Å². The molecule has 6 amide bonds. The average Bonchev–Trinajstić information content (AvgIpc) is 1.56. The predicted molar refractivity (Wildman–Crippen MR) is 405 cm³/mol. The molecule has 0 radical (unpaired) electrons. The number of hydrogen-bond acceptors (Lipinski definition) is 16. The van der Waals surface area contributed by atoms with Crippen LogP contribution in [0.4, 0.5) is 21.9 Å². The highest BCUT2D eigenvalue weighted by Crippen LogP contribution is 2.57. The molecule has 6 aromatic rings. The van der Waals surface area contributed by atoms with Gasteiger partial charge in [0.15, 0.2) is 35.0 Å². The summed E-state index contributed by atoms with van der Waals surface area (Å²) in [5.41, 5.74) is 14.2. The Morgan fingerprint density at radius 1 is 0.710 bits per heavy atom. The molecule has 1 unspecified atom stereocenters. The first-order chi connectivity index (χ1) is 51.7. The van der Waals surface area contributed by atoms with Crippen LogP contribution in [0.25, 0.3) is 5.57 Å². The van der Waals surface area contributed by atoms with Crippen molar-refractivity contribution in [3.05, 3.63) is 178 Å². The van der Waals surface area contributed by atoms with E-state index in [0.29, 0.717) is 124 Å². The number of aliphatic hydroxyl groups is 1. The Kier molecular flexibility index (Phi) is 24.0. The number of nitrogens with one attached hydrogen (secondary N) is 3. The van der Waals surface area contributed by atoms with Gasteiger partial charge in [0.05, 0.1) is 86.1 Å². The molecular weight excluding hydrogens is 1360 g/mol. The van der Waals surface area contributed by atoms with Crippen molar-refractivity contribution in [2.24, 2.45) is 28.0 Å². The summed E-state index contributed by atoms with van der Waals surface area (Å²) in [5.74, 6) is 5.28. The molecule has 1 saturated carbocycles. The Bertz CT molecular complexity index is 4520. The van der Waals surface area contributed by atoms with Gasteiger partial charge in [-0.05, 0) is 133 Å². The molecule has 6 aromatic carbocycles. The van der Waals surface area contributed by atoms with Crippen LogP contribution < -0.4 is 45.1 Å². The van der Waals surface area contributed by atoms with Crippen molar-refractivity contribution >= 4 is 81.9 Å². The number of benzene rings is 6. The van der Waals surface area contributed by atoms with Crippen molar-refractivity contribution in [3.8, 4) is 34.8 Å². The summed E-state index contributed by atoms with van der Waals surface area (Å²) in [4.78, 5) is 121. The molecule has 1 aliphatic carbocycles. The lowest BCUT2D eigenvalue weighted by molar-refractivity contribution is -0.131. The normalized spacial score (nSPS) is 17.5. The van der Waals surface area contributed by atoms with E-state index in [1.807, 2.05) is 92.8 Å². The quantitative estimate of drug-likeness (QED) is 0.0113. The standard InChI is InChI=1S/C84H93N9O14/c1-52(2)79(89-77(97)19-11-12-36-87-76(96)32-33-78(98)91-48-60-17-8-7-15-57(60)29-30-59-16-9-10-18-66(59)91)70(95)39-53(3)69(94)40-55-20-22-56(23-21-55)50-107-83(102)93-67-45-74(72(104-5)43-64(67)81(100)92-51-84(34-35-84)46-68(92)82(93)101)106-38-14-6-13-37-105-73-44-65-63(42-71(73)103-4)80(99)90-49-61(41-62(90)47-88-65)58-27-24-54(25-28-58)26-31-75(85)86/h7-10,15-18,20-25,27-28,42-45,47,49,52-53,62,68,79,82,101H,6,11-14,19,26,31-41,46,48,50-51H2,1-5H3,(H3,85,86)(H,87,96)(H,89,97)/t53-,62+,68+,79+,82?/m1/s1. The third kappa shape index (κ3) is 18.1. The number of fused-ring (bicyclic) bond motifs is 6. The van der Waals surface area contributed by atoms with Crippen molar-refractivity contribution in [1.29, 1.82) is 5.41 Å². The van der Waals surface area contributed by atoms with Crippen LogP contribution >= 0.6 is 0 Å². The number of aliphatic imine (C=N–C) groups is 1. The van der Waals surface area contributed by atoms with Gasteiger partial charge in [-0.1, -0.05) is 111 Å². The Morgan fingerprint density at radius 2 is 1.38 bits per heavy atom. The maximum absolute atomic E-state index is 14.5. The van der Waals surface area contributed by atoms with Crippen molar-refractivity contribution in [2.75, 3.05) is 50.3 Å². The summed E-state index contributed by atoms with van der Waals surface area (Å²) >= 11 is 0. The number of aryl methyl sites for hydroxylation is 1. The molecule has 1 saturated heterocycles. The van der Waals surface area contributed by atoms with Gasteiger partial charge < -0.3 is 59.9 Å².